The number of nitrogens with one attached hydrogen (secondary N) is 1. The van der Waals surface area contributed by atoms with Gasteiger partial charge in [-0.1, -0.05) is 11.3 Å². The van der Waals surface area contributed by atoms with E-state index in [1.54, 1.807) is 4.90 Å². The molecule has 11 heteroatoms. The first kappa shape index (κ1) is 19.6. The van der Waals surface area contributed by atoms with Gasteiger partial charge >= 0.3 is 0 Å². The lowest BCUT2D eigenvalue weighted by Gasteiger charge is -2.26. The van der Waals surface area contributed by atoms with Gasteiger partial charge < -0.3 is 9.64 Å². The van der Waals surface area contributed by atoms with Crippen LogP contribution in [0.2, 0.25) is 0 Å². The molecule has 4 fully saturated rings. The number of hydrogen-bond acceptors (Lipinski definition) is 8. The van der Waals surface area contributed by atoms with Gasteiger partial charge in [0.05, 0.1) is 31.5 Å². The topological polar surface area (TPSA) is 122 Å². The van der Waals surface area contributed by atoms with Crippen LogP contribution in [0.4, 0.5) is 5.13 Å². The fraction of sp³-hybridized carbons (Fsp3) is 0.684. The van der Waals surface area contributed by atoms with E-state index in [0.717, 1.165) is 35.5 Å². The Labute approximate surface area is 176 Å². The van der Waals surface area contributed by atoms with Crippen molar-refractivity contribution in [1.29, 1.82) is 0 Å². The molecule has 4 amide bonds. The summed E-state index contributed by atoms with van der Waals surface area (Å²) in [5.41, 5.74) is 0. The van der Waals surface area contributed by atoms with E-state index in [2.05, 4.69) is 15.5 Å². The highest BCUT2D eigenvalue weighted by Gasteiger charge is 2.60. The van der Waals surface area contributed by atoms with Gasteiger partial charge in [0.2, 0.25) is 28.8 Å². The van der Waals surface area contributed by atoms with Crippen molar-refractivity contribution in [2.45, 2.75) is 25.7 Å². The van der Waals surface area contributed by atoms with Crippen LogP contribution in [0.1, 0.15) is 24.3 Å². The minimum Gasteiger partial charge on any atom is -0.378 e. The fourth-order valence-corrected chi connectivity index (χ4v) is 6.11. The molecule has 3 heterocycles. The Balaban J connectivity index is 1.16. The van der Waals surface area contributed by atoms with E-state index in [9.17, 15) is 19.2 Å². The van der Waals surface area contributed by atoms with E-state index < -0.39 is 5.91 Å². The zero-order chi connectivity index (χ0) is 20.8. The molecule has 1 N–H and O–H groups in total. The Hall–Kier alpha value is -2.40. The number of hydrogen-bond donors (Lipinski definition) is 1. The Kier molecular flexibility index (Phi) is 5.02. The van der Waals surface area contributed by atoms with E-state index in [1.165, 1.54) is 0 Å². The molecule has 2 saturated carbocycles. The molecule has 0 radical (unpaired) electrons. The second kappa shape index (κ2) is 7.69. The van der Waals surface area contributed by atoms with Crippen molar-refractivity contribution in [2.75, 3.05) is 38.2 Å². The highest BCUT2D eigenvalue weighted by atomic mass is 32.1. The Bertz CT molecular complexity index is 870. The SMILES string of the molecule is O=C(CN1C(=O)[C@@H]2[C@H]3CC[C@@H](C3)[C@H]2C1=O)Nc1nnc(CC(=O)N2CCOCC2)s1. The number of rotatable bonds is 5. The van der Waals surface area contributed by atoms with Gasteiger partial charge in [-0.2, -0.15) is 0 Å². The van der Waals surface area contributed by atoms with E-state index >= 15 is 0 Å². The normalized spacial score (nSPS) is 30.1. The summed E-state index contributed by atoms with van der Waals surface area (Å²) in [6, 6.07) is 0. The van der Waals surface area contributed by atoms with E-state index in [0.29, 0.717) is 43.1 Å². The molecule has 160 valence electrons. The number of morpholine rings is 1. The zero-order valence-corrected chi connectivity index (χ0v) is 17.2. The molecule has 0 aromatic carbocycles. The molecule has 2 saturated heterocycles. The Morgan fingerprint density at radius 1 is 1.07 bits per heavy atom. The van der Waals surface area contributed by atoms with Gasteiger partial charge in [0.25, 0.3) is 0 Å². The lowest BCUT2D eigenvalue weighted by molar-refractivity contribution is -0.143. The van der Waals surface area contributed by atoms with Crippen molar-refractivity contribution in [3.05, 3.63) is 5.01 Å². The lowest BCUT2D eigenvalue weighted by Crippen LogP contribution is -2.41. The van der Waals surface area contributed by atoms with Gasteiger partial charge in [0.1, 0.15) is 11.6 Å². The lowest BCUT2D eigenvalue weighted by atomic mass is 9.81. The molecule has 10 nitrogen and oxygen atoms in total. The third-order valence-electron chi connectivity index (χ3n) is 6.70. The first-order valence-corrected chi connectivity index (χ1v) is 11.2. The number of fused-ring (bicyclic) bond motifs is 5. The van der Waals surface area contributed by atoms with Crippen molar-refractivity contribution in [2.24, 2.45) is 23.7 Å². The minimum atomic E-state index is -0.480. The number of aromatic nitrogens is 2. The van der Waals surface area contributed by atoms with Gasteiger partial charge in [0, 0.05) is 13.1 Å². The Morgan fingerprint density at radius 3 is 2.40 bits per heavy atom. The highest BCUT2D eigenvalue weighted by molar-refractivity contribution is 7.15. The maximum absolute atomic E-state index is 12.7. The molecular weight excluding hydrogens is 410 g/mol. The van der Waals surface area contributed by atoms with Gasteiger partial charge in [-0.05, 0) is 31.1 Å². The van der Waals surface area contributed by atoms with E-state index in [-0.39, 0.29) is 47.7 Å². The molecule has 2 aliphatic carbocycles. The van der Waals surface area contributed by atoms with E-state index in [1.807, 2.05) is 0 Å². The first-order valence-electron chi connectivity index (χ1n) is 10.3. The Morgan fingerprint density at radius 2 is 1.73 bits per heavy atom. The molecule has 2 aliphatic heterocycles. The van der Waals surface area contributed by atoms with Gasteiger partial charge in [-0.25, -0.2) is 0 Å². The predicted molar refractivity (Wildman–Crippen MR) is 104 cm³/mol. The molecule has 30 heavy (non-hydrogen) atoms. The van der Waals surface area contributed by atoms with Crippen molar-refractivity contribution >= 4 is 40.1 Å². The molecule has 4 aliphatic rings. The molecule has 0 spiro atoms. The number of carbonyl (C=O) groups excluding carboxylic acids is 4. The molecule has 1 aromatic heterocycles. The monoisotopic (exact) mass is 433 g/mol. The van der Waals surface area contributed by atoms with Gasteiger partial charge in [0.15, 0.2) is 0 Å². The summed E-state index contributed by atoms with van der Waals surface area (Å²) in [4.78, 5) is 53.0. The molecule has 4 atom stereocenters. The largest absolute Gasteiger partial charge is 0.378 e. The van der Waals surface area contributed by atoms with Crippen LogP contribution in [0, 0.1) is 23.7 Å². The summed E-state index contributed by atoms with van der Waals surface area (Å²) in [5, 5.41) is 11.2. The standard InChI is InChI=1S/C19H23N5O5S/c25-12(9-24-17(27)15-10-1-2-11(7-10)16(15)18(24)28)20-19-22-21-13(30-19)8-14(26)23-3-5-29-6-4-23/h10-11,15-16H,1-9H2,(H,20,22,25)/t10-,11-,15+,16+/m0/s1. The van der Waals surface area contributed by atoms with Crippen LogP contribution in [0.25, 0.3) is 0 Å². The quantitative estimate of drug-likeness (QED) is 0.644. The van der Waals surface area contributed by atoms with Crippen molar-refractivity contribution in [3.8, 4) is 0 Å². The van der Waals surface area contributed by atoms with Crippen molar-refractivity contribution in [1.82, 2.24) is 20.0 Å². The zero-order valence-electron chi connectivity index (χ0n) is 16.4. The summed E-state index contributed by atoms with van der Waals surface area (Å²) in [5.74, 6) is -0.832. The first-order chi connectivity index (χ1) is 14.5. The summed E-state index contributed by atoms with van der Waals surface area (Å²) in [7, 11) is 0. The number of likely N-dealkylation sites (tertiary alicyclic amines) is 1. The predicted octanol–water partition coefficient (Wildman–Crippen LogP) is -0.0910. The number of imide groups is 1. The maximum atomic E-state index is 12.7. The average Bonchev–Trinajstić information content (AvgIpc) is 3.51. The molecule has 5 rings (SSSR count). The summed E-state index contributed by atoms with van der Waals surface area (Å²) in [6.07, 6.45) is 3.08. The smallest absolute Gasteiger partial charge is 0.246 e. The maximum Gasteiger partial charge on any atom is 0.246 e. The summed E-state index contributed by atoms with van der Waals surface area (Å²) >= 11 is 1.12. The van der Waals surface area contributed by atoms with Gasteiger partial charge in [-0.3, -0.25) is 29.4 Å². The number of ether oxygens (including phenoxy) is 1. The fourth-order valence-electron chi connectivity index (χ4n) is 5.36. The van der Waals surface area contributed by atoms with E-state index in [4.69, 9.17) is 4.74 Å². The van der Waals surface area contributed by atoms with Crippen molar-refractivity contribution in [3.63, 3.8) is 0 Å². The molecular formula is C19H23N5O5S. The van der Waals surface area contributed by atoms with Crippen LogP contribution < -0.4 is 5.32 Å². The number of anilines is 1. The molecule has 2 bridgehead atoms. The third kappa shape index (κ3) is 3.39. The number of nitrogens with zero attached hydrogens (tertiary/aromatic N) is 4. The number of carbonyl (C=O) groups is 4. The molecule has 1 aromatic rings. The highest BCUT2D eigenvalue weighted by Crippen LogP contribution is 2.56. The van der Waals surface area contributed by atoms with Crippen LogP contribution in [0.5, 0.6) is 0 Å². The third-order valence-corrected chi connectivity index (χ3v) is 7.54. The molecule has 0 unspecified atom stereocenters. The second-order valence-electron chi connectivity index (χ2n) is 8.37. The average molecular weight is 433 g/mol. The second-order valence-corrected chi connectivity index (χ2v) is 9.43. The van der Waals surface area contributed by atoms with Crippen molar-refractivity contribution < 1.29 is 23.9 Å². The van der Waals surface area contributed by atoms with Crippen LogP contribution in [-0.2, 0) is 30.3 Å². The summed E-state index contributed by atoms with van der Waals surface area (Å²) in [6.45, 7) is 1.87. The summed E-state index contributed by atoms with van der Waals surface area (Å²) < 4.78 is 5.24. The van der Waals surface area contributed by atoms with Crippen LogP contribution >= 0.6 is 11.3 Å². The van der Waals surface area contributed by atoms with Crippen LogP contribution in [0.3, 0.4) is 0 Å². The van der Waals surface area contributed by atoms with Gasteiger partial charge in [-0.15, -0.1) is 10.2 Å². The van der Waals surface area contributed by atoms with Crippen LogP contribution in [-0.4, -0.2) is 76.5 Å². The van der Waals surface area contributed by atoms with Crippen LogP contribution in [0.15, 0.2) is 0 Å². The number of amides is 4. The minimum absolute atomic E-state index is 0.0539.